The molecule has 5 aromatic rings. The van der Waals surface area contributed by atoms with Crippen LogP contribution in [0.4, 0.5) is 15.3 Å². The summed E-state index contributed by atoms with van der Waals surface area (Å²) in [6, 6.07) is 24.9. The molecule has 3 aromatic carbocycles. The van der Waals surface area contributed by atoms with Crippen LogP contribution in [0.25, 0.3) is 22.5 Å². The molecule has 3 aliphatic heterocycles. The molecule has 6 atom stereocenters. The van der Waals surface area contributed by atoms with Crippen molar-refractivity contribution in [2.24, 2.45) is 10.8 Å². The molecule has 0 saturated carbocycles. The van der Waals surface area contributed by atoms with Gasteiger partial charge in [0, 0.05) is 18.8 Å². The zero-order valence-corrected chi connectivity index (χ0v) is 43.4. The number of imidazole rings is 2. The van der Waals surface area contributed by atoms with E-state index in [1.165, 1.54) is 36.6 Å². The van der Waals surface area contributed by atoms with E-state index in [4.69, 9.17) is 19.4 Å². The molecule has 15 nitrogen and oxygen atoms in total. The van der Waals surface area contributed by atoms with Gasteiger partial charge < -0.3 is 44.8 Å². The Hall–Kier alpha value is -6.64. The summed E-state index contributed by atoms with van der Waals surface area (Å²) in [5, 5.41) is 5.54. The van der Waals surface area contributed by atoms with Crippen LogP contribution in [0.15, 0.2) is 85.2 Å². The molecule has 71 heavy (non-hydrogen) atoms. The molecule has 4 N–H and O–H groups in total. The molecule has 0 aliphatic carbocycles. The minimum absolute atomic E-state index is 0.0251. The number of likely N-dealkylation sites (tertiary alicyclic amines) is 2. The van der Waals surface area contributed by atoms with E-state index in [-0.39, 0.29) is 41.4 Å². The monoisotopic (exact) mass is 968 g/mol. The highest BCUT2D eigenvalue weighted by molar-refractivity contribution is 5.88. The summed E-state index contributed by atoms with van der Waals surface area (Å²) in [6.07, 6.45) is 7.61. The Morgan fingerprint density at radius 3 is 1.31 bits per heavy atom. The van der Waals surface area contributed by atoms with E-state index in [9.17, 15) is 19.2 Å². The lowest BCUT2D eigenvalue weighted by Gasteiger charge is -2.35. The largest absolute Gasteiger partial charge is 0.453 e. The Kier molecular flexibility index (Phi) is 14.5. The summed E-state index contributed by atoms with van der Waals surface area (Å²) in [7, 11) is 2.61. The minimum Gasteiger partial charge on any atom is -0.453 e. The van der Waals surface area contributed by atoms with E-state index in [0.29, 0.717) is 13.1 Å². The average Bonchev–Trinajstić information content (AvgIpc) is 4.21. The standard InChI is InChI=1S/C56H73N9O6/c1-54(2,3)38-24-26-39(27-25-38)65-42(36-20-16-34(17-21-36)40-32-57-48(59-40)44-14-12-30-63(44)50(66)46(55(4,5)6)61-52(68)70-10)28-29-43(65)37-22-18-35(19-23-37)41-33-58-49(60-41)45-15-13-31-64(45)51(67)47(56(7,8)9)62-53(69)71-11/h16-27,32-33,42-47H,12-15,28-31H2,1-11H3,(H,57,59)(H,58,60)(H,61,68)(H,62,69)/t42-,43-,44-,45-,46+,47?/m0/s1. The van der Waals surface area contributed by atoms with Crippen molar-refractivity contribution in [1.29, 1.82) is 0 Å². The molecule has 8 rings (SSSR count). The van der Waals surface area contributed by atoms with Crippen molar-refractivity contribution in [3.8, 4) is 22.5 Å². The third-order valence-corrected chi connectivity index (χ3v) is 14.6. The number of aromatic amines is 2. The number of anilines is 1. The van der Waals surface area contributed by atoms with E-state index < -0.39 is 35.1 Å². The number of carbonyl (C=O) groups is 4. The summed E-state index contributed by atoms with van der Waals surface area (Å²) in [6.45, 7) is 19.5. The van der Waals surface area contributed by atoms with Gasteiger partial charge in [0.25, 0.3) is 0 Å². The Morgan fingerprint density at radius 1 is 0.563 bits per heavy atom. The predicted octanol–water partition coefficient (Wildman–Crippen LogP) is 10.7. The van der Waals surface area contributed by atoms with Gasteiger partial charge in [0.05, 0.1) is 62.2 Å². The van der Waals surface area contributed by atoms with Crippen molar-refractivity contribution < 1.29 is 28.7 Å². The van der Waals surface area contributed by atoms with Crippen LogP contribution in [0, 0.1) is 10.8 Å². The zero-order valence-electron chi connectivity index (χ0n) is 43.4. The number of hydrogen-bond acceptors (Lipinski definition) is 9. The van der Waals surface area contributed by atoms with Gasteiger partial charge in [-0.3, -0.25) is 9.59 Å². The molecule has 2 aromatic heterocycles. The topological polar surface area (TPSA) is 178 Å². The minimum atomic E-state index is -0.749. The van der Waals surface area contributed by atoms with Crippen molar-refractivity contribution in [2.75, 3.05) is 32.2 Å². The Morgan fingerprint density at radius 2 is 0.958 bits per heavy atom. The number of aromatic nitrogens is 4. The van der Waals surface area contributed by atoms with Crippen molar-refractivity contribution in [1.82, 2.24) is 40.4 Å². The van der Waals surface area contributed by atoms with E-state index >= 15 is 0 Å². The van der Waals surface area contributed by atoms with Gasteiger partial charge >= 0.3 is 12.2 Å². The molecule has 3 aliphatic rings. The predicted molar refractivity (Wildman–Crippen MR) is 275 cm³/mol. The Balaban J connectivity index is 1.01. The normalized spacial score (nSPS) is 20.5. The molecule has 4 amide bonds. The molecule has 5 heterocycles. The number of alkyl carbamates (subject to hydrolysis) is 2. The first kappa shape index (κ1) is 50.7. The second kappa shape index (κ2) is 20.2. The molecule has 1 unspecified atom stereocenters. The van der Waals surface area contributed by atoms with Crippen LogP contribution >= 0.6 is 0 Å². The molecular weight excluding hydrogens is 895 g/mol. The number of nitrogens with one attached hydrogen (secondary N) is 4. The Bertz CT molecular complexity index is 2520. The number of H-pyrrole nitrogens is 2. The lowest BCUT2D eigenvalue weighted by Crippen LogP contribution is -2.54. The summed E-state index contributed by atoms with van der Waals surface area (Å²) < 4.78 is 9.71. The number of rotatable bonds is 11. The van der Waals surface area contributed by atoms with Crippen molar-refractivity contribution in [2.45, 2.75) is 143 Å². The van der Waals surface area contributed by atoms with Crippen LogP contribution in [0.2, 0.25) is 0 Å². The van der Waals surface area contributed by atoms with Crippen LogP contribution in [0.3, 0.4) is 0 Å². The molecule has 15 heteroatoms. The van der Waals surface area contributed by atoms with E-state index in [1.807, 2.05) is 63.7 Å². The number of benzene rings is 3. The lowest BCUT2D eigenvalue weighted by atomic mass is 9.85. The van der Waals surface area contributed by atoms with Crippen LogP contribution < -0.4 is 15.5 Å². The third kappa shape index (κ3) is 10.8. The second-order valence-electron chi connectivity index (χ2n) is 22.7. The van der Waals surface area contributed by atoms with Gasteiger partial charge in [-0.2, -0.15) is 0 Å². The van der Waals surface area contributed by atoms with Crippen molar-refractivity contribution >= 4 is 29.7 Å². The maximum Gasteiger partial charge on any atom is 0.407 e. The quantitative estimate of drug-likeness (QED) is 0.100. The number of hydrogen-bond donors (Lipinski definition) is 4. The van der Waals surface area contributed by atoms with Crippen LogP contribution in [-0.4, -0.2) is 93.1 Å². The van der Waals surface area contributed by atoms with Gasteiger partial charge in [-0.1, -0.05) is 123 Å². The second-order valence-corrected chi connectivity index (χ2v) is 22.7. The van der Waals surface area contributed by atoms with Gasteiger partial charge in [-0.05, 0) is 94.7 Å². The fraction of sp³-hybridized carbons (Fsp3) is 0.500. The average molecular weight is 968 g/mol. The molecule has 3 saturated heterocycles. The smallest absolute Gasteiger partial charge is 0.407 e. The third-order valence-electron chi connectivity index (χ3n) is 14.6. The van der Waals surface area contributed by atoms with Crippen molar-refractivity contribution in [3.63, 3.8) is 0 Å². The number of carbonyl (C=O) groups excluding carboxylic acids is 4. The van der Waals surface area contributed by atoms with Gasteiger partial charge in [-0.15, -0.1) is 0 Å². The fourth-order valence-corrected chi connectivity index (χ4v) is 10.6. The van der Waals surface area contributed by atoms with E-state index in [0.717, 1.165) is 72.7 Å². The summed E-state index contributed by atoms with van der Waals surface area (Å²) in [4.78, 5) is 75.4. The molecular formula is C56H73N9O6. The van der Waals surface area contributed by atoms with Gasteiger partial charge in [0.15, 0.2) is 0 Å². The highest BCUT2D eigenvalue weighted by atomic mass is 16.5. The molecule has 3 fully saturated rings. The van der Waals surface area contributed by atoms with Gasteiger partial charge in [0.1, 0.15) is 23.7 Å². The highest BCUT2D eigenvalue weighted by Gasteiger charge is 2.43. The first-order valence-corrected chi connectivity index (χ1v) is 25.2. The van der Waals surface area contributed by atoms with Crippen LogP contribution in [0.5, 0.6) is 0 Å². The SMILES string of the molecule is COC(=O)NC(C(=O)N1CCC[C@H]1c1ncc(-c2ccc([C@@H]3CC[C@@H](c4ccc(-c5cnc([C@@H]6CCCN6C(=O)[C@@H](NC(=O)OC)C(C)(C)C)[nH]5)cc4)N3c3ccc(C(C)(C)C)cc3)cc2)[nH]1)C(C)(C)C. The highest BCUT2D eigenvalue weighted by Crippen LogP contribution is 2.48. The van der Waals surface area contributed by atoms with Gasteiger partial charge in [-0.25, -0.2) is 19.6 Å². The summed E-state index contributed by atoms with van der Waals surface area (Å²) in [5.74, 6) is 1.17. The number of nitrogens with zero attached hydrogens (tertiary/aromatic N) is 5. The van der Waals surface area contributed by atoms with E-state index in [1.54, 1.807) is 0 Å². The molecule has 378 valence electrons. The maximum atomic E-state index is 14.0. The van der Waals surface area contributed by atoms with E-state index in [2.05, 4.69) is 119 Å². The van der Waals surface area contributed by atoms with Crippen LogP contribution in [0.1, 0.15) is 153 Å². The Labute approximate surface area is 418 Å². The molecule has 0 bridgehead atoms. The molecule has 0 spiro atoms. The maximum absolute atomic E-state index is 14.0. The molecule has 0 radical (unpaired) electrons. The first-order chi connectivity index (χ1) is 33.7. The lowest BCUT2D eigenvalue weighted by molar-refractivity contribution is -0.137. The van der Waals surface area contributed by atoms with Crippen molar-refractivity contribution in [3.05, 3.63) is 114 Å². The van der Waals surface area contributed by atoms with Crippen LogP contribution in [-0.2, 0) is 24.5 Å². The summed E-state index contributed by atoms with van der Waals surface area (Å²) in [5.41, 5.74) is 7.67. The first-order valence-electron chi connectivity index (χ1n) is 25.2. The van der Waals surface area contributed by atoms with Gasteiger partial charge in [0.2, 0.25) is 11.8 Å². The number of ether oxygens (including phenoxy) is 2. The number of amides is 4. The summed E-state index contributed by atoms with van der Waals surface area (Å²) >= 11 is 0. The zero-order chi connectivity index (χ0) is 51.0. The number of methoxy groups -OCH3 is 2. The fourth-order valence-electron chi connectivity index (χ4n) is 10.6.